The third kappa shape index (κ3) is 3.35. The standard InChI is InChI=1S/C17H29N/c1-6-13(7-2)16(18)14-9-11-15(12-10-14)17(4,5)8-3/h9-13,16H,6-8,18H2,1-5H3. The number of benzene rings is 1. The molecule has 1 unspecified atom stereocenters. The molecule has 1 heteroatoms. The van der Waals surface area contributed by atoms with Gasteiger partial charge in [-0.1, -0.05) is 71.7 Å². The Bertz CT molecular complexity index is 346. The molecule has 1 rings (SSSR count). The topological polar surface area (TPSA) is 26.0 Å². The van der Waals surface area contributed by atoms with Gasteiger partial charge in [0, 0.05) is 6.04 Å². The average molecular weight is 247 g/mol. The van der Waals surface area contributed by atoms with Crippen molar-refractivity contribution in [1.29, 1.82) is 0 Å². The minimum atomic E-state index is 0.179. The van der Waals surface area contributed by atoms with Crippen molar-refractivity contribution in [1.82, 2.24) is 0 Å². The molecule has 0 aliphatic carbocycles. The monoisotopic (exact) mass is 247 g/mol. The van der Waals surface area contributed by atoms with E-state index in [1.807, 2.05) is 0 Å². The molecule has 1 aromatic carbocycles. The van der Waals surface area contributed by atoms with Crippen LogP contribution in [0.4, 0.5) is 0 Å². The highest BCUT2D eigenvalue weighted by Crippen LogP contribution is 2.30. The molecule has 18 heavy (non-hydrogen) atoms. The van der Waals surface area contributed by atoms with Crippen LogP contribution in [0.3, 0.4) is 0 Å². The summed E-state index contributed by atoms with van der Waals surface area (Å²) in [5, 5.41) is 0. The molecule has 0 fully saturated rings. The summed E-state index contributed by atoms with van der Waals surface area (Å²) in [6, 6.07) is 9.12. The lowest BCUT2D eigenvalue weighted by Crippen LogP contribution is -2.21. The van der Waals surface area contributed by atoms with E-state index in [0.717, 1.165) is 19.3 Å². The zero-order valence-corrected chi connectivity index (χ0v) is 12.7. The second-order valence-corrected chi connectivity index (χ2v) is 5.96. The zero-order valence-electron chi connectivity index (χ0n) is 12.7. The second kappa shape index (κ2) is 6.38. The number of hydrogen-bond donors (Lipinski definition) is 1. The van der Waals surface area contributed by atoms with Crippen molar-refractivity contribution in [3.63, 3.8) is 0 Å². The van der Waals surface area contributed by atoms with Crippen molar-refractivity contribution in [2.45, 2.75) is 65.3 Å². The maximum atomic E-state index is 6.35. The van der Waals surface area contributed by atoms with E-state index in [1.54, 1.807) is 0 Å². The Labute approximate surface area is 113 Å². The lowest BCUT2D eigenvalue weighted by molar-refractivity contribution is 0.405. The van der Waals surface area contributed by atoms with Crippen molar-refractivity contribution < 1.29 is 0 Å². The Kier molecular flexibility index (Phi) is 5.40. The molecule has 0 heterocycles. The predicted octanol–water partition coefficient (Wildman–Crippen LogP) is 4.81. The van der Waals surface area contributed by atoms with Crippen LogP contribution in [0.15, 0.2) is 24.3 Å². The molecule has 0 amide bonds. The van der Waals surface area contributed by atoms with Gasteiger partial charge in [0.15, 0.2) is 0 Å². The number of hydrogen-bond acceptors (Lipinski definition) is 1. The smallest absolute Gasteiger partial charge is 0.0323 e. The Balaban J connectivity index is 2.89. The van der Waals surface area contributed by atoms with Gasteiger partial charge in [0.25, 0.3) is 0 Å². The second-order valence-electron chi connectivity index (χ2n) is 5.96. The average Bonchev–Trinajstić information content (AvgIpc) is 2.40. The molecule has 102 valence electrons. The molecule has 0 radical (unpaired) electrons. The molecule has 1 atom stereocenters. The van der Waals surface area contributed by atoms with Crippen molar-refractivity contribution in [3.8, 4) is 0 Å². The molecule has 0 spiro atoms. The van der Waals surface area contributed by atoms with E-state index in [9.17, 15) is 0 Å². The lowest BCUT2D eigenvalue weighted by atomic mass is 9.81. The van der Waals surface area contributed by atoms with Gasteiger partial charge in [-0.3, -0.25) is 0 Å². The minimum absolute atomic E-state index is 0.179. The summed E-state index contributed by atoms with van der Waals surface area (Å²) >= 11 is 0. The molecule has 0 aliphatic heterocycles. The minimum Gasteiger partial charge on any atom is -0.324 e. The highest BCUT2D eigenvalue weighted by Gasteiger charge is 2.19. The van der Waals surface area contributed by atoms with E-state index < -0.39 is 0 Å². The van der Waals surface area contributed by atoms with Crippen molar-refractivity contribution >= 4 is 0 Å². The number of rotatable bonds is 6. The van der Waals surface area contributed by atoms with Crippen molar-refractivity contribution in [2.24, 2.45) is 11.7 Å². The van der Waals surface area contributed by atoms with Crippen molar-refractivity contribution in [2.75, 3.05) is 0 Å². The van der Waals surface area contributed by atoms with E-state index in [2.05, 4.69) is 58.9 Å². The molecule has 0 bridgehead atoms. The Morgan fingerprint density at radius 3 is 1.89 bits per heavy atom. The quantitative estimate of drug-likeness (QED) is 0.767. The van der Waals surface area contributed by atoms with E-state index in [-0.39, 0.29) is 11.5 Å². The molecule has 0 aliphatic rings. The first-order chi connectivity index (χ1) is 8.46. The Morgan fingerprint density at radius 2 is 1.50 bits per heavy atom. The van der Waals surface area contributed by atoms with Crippen LogP contribution in [-0.2, 0) is 5.41 Å². The fourth-order valence-electron chi connectivity index (χ4n) is 2.43. The fraction of sp³-hybridized carbons (Fsp3) is 0.647. The summed E-state index contributed by atoms with van der Waals surface area (Å²) in [5.41, 5.74) is 9.30. The molecular weight excluding hydrogens is 218 g/mol. The van der Waals surface area contributed by atoms with Gasteiger partial charge in [-0.15, -0.1) is 0 Å². The lowest BCUT2D eigenvalue weighted by Gasteiger charge is -2.25. The molecule has 2 N–H and O–H groups in total. The van der Waals surface area contributed by atoms with Gasteiger partial charge in [-0.25, -0.2) is 0 Å². The van der Waals surface area contributed by atoms with Gasteiger partial charge in [-0.05, 0) is 28.9 Å². The molecule has 0 saturated carbocycles. The van der Waals surface area contributed by atoms with Gasteiger partial charge in [-0.2, -0.15) is 0 Å². The van der Waals surface area contributed by atoms with E-state index in [0.29, 0.717) is 5.92 Å². The first kappa shape index (κ1) is 15.2. The zero-order chi connectivity index (χ0) is 13.8. The molecule has 0 saturated heterocycles. The first-order valence-corrected chi connectivity index (χ1v) is 7.32. The van der Waals surface area contributed by atoms with Gasteiger partial charge >= 0.3 is 0 Å². The van der Waals surface area contributed by atoms with Gasteiger partial charge < -0.3 is 5.73 Å². The molecule has 1 nitrogen and oxygen atoms in total. The molecular formula is C17H29N. The predicted molar refractivity (Wildman–Crippen MR) is 80.8 cm³/mol. The van der Waals surface area contributed by atoms with E-state index >= 15 is 0 Å². The normalized spacial score (nSPS) is 13.9. The van der Waals surface area contributed by atoms with Crippen LogP contribution in [0.5, 0.6) is 0 Å². The maximum Gasteiger partial charge on any atom is 0.0323 e. The first-order valence-electron chi connectivity index (χ1n) is 7.32. The summed E-state index contributed by atoms with van der Waals surface area (Å²) in [6.07, 6.45) is 3.46. The number of nitrogens with two attached hydrogens (primary N) is 1. The van der Waals surface area contributed by atoms with Crippen LogP contribution >= 0.6 is 0 Å². The maximum absolute atomic E-state index is 6.35. The summed E-state index contributed by atoms with van der Waals surface area (Å²) in [4.78, 5) is 0. The highest BCUT2D eigenvalue weighted by molar-refractivity contribution is 5.29. The van der Waals surface area contributed by atoms with E-state index in [4.69, 9.17) is 5.73 Å². The van der Waals surface area contributed by atoms with Crippen LogP contribution in [0.2, 0.25) is 0 Å². The molecule has 1 aromatic rings. The van der Waals surface area contributed by atoms with Crippen LogP contribution in [-0.4, -0.2) is 0 Å². The summed E-state index contributed by atoms with van der Waals surface area (Å²) in [6.45, 7) is 11.3. The summed E-state index contributed by atoms with van der Waals surface area (Å²) in [5.74, 6) is 0.593. The summed E-state index contributed by atoms with van der Waals surface area (Å²) in [7, 11) is 0. The summed E-state index contributed by atoms with van der Waals surface area (Å²) < 4.78 is 0. The third-order valence-corrected chi connectivity index (χ3v) is 4.52. The Hall–Kier alpha value is -0.820. The van der Waals surface area contributed by atoms with E-state index in [1.165, 1.54) is 11.1 Å². The van der Waals surface area contributed by atoms with Gasteiger partial charge in [0.05, 0.1) is 0 Å². The van der Waals surface area contributed by atoms with Gasteiger partial charge in [0.2, 0.25) is 0 Å². The fourth-order valence-corrected chi connectivity index (χ4v) is 2.43. The Morgan fingerprint density at radius 1 is 1.00 bits per heavy atom. The van der Waals surface area contributed by atoms with Crippen LogP contribution in [0.25, 0.3) is 0 Å². The third-order valence-electron chi connectivity index (χ3n) is 4.52. The van der Waals surface area contributed by atoms with Crippen LogP contribution in [0.1, 0.15) is 71.0 Å². The van der Waals surface area contributed by atoms with Crippen LogP contribution < -0.4 is 5.73 Å². The highest BCUT2D eigenvalue weighted by atomic mass is 14.6. The van der Waals surface area contributed by atoms with Crippen molar-refractivity contribution in [3.05, 3.63) is 35.4 Å². The SMILES string of the molecule is CCC(CC)C(N)c1ccc(C(C)(C)CC)cc1. The van der Waals surface area contributed by atoms with Crippen LogP contribution in [0, 0.1) is 5.92 Å². The largest absolute Gasteiger partial charge is 0.324 e. The van der Waals surface area contributed by atoms with Gasteiger partial charge in [0.1, 0.15) is 0 Å². The molecule has 0 aromatic heterocycles.